The highest BCUT2D eigenvalue weighted by molar-refractivity contribution is 7.91. The number of rotatable bonds is 4. The van der Waals surface area contributed by atoms with Gasteiger partial charge in [0.2, 0.25) is 0 Å². The third-order valence-corrected chi connectivity index (χ3v) is 5.51. The number of hydrogen-bond donors (Lipinski definition) is 0. The fraction of sp³-hybridized carbons (Fsp3) is 0.526. The van der Waals surface area contributed by atoms with Gasteiger partial charge in [-0.15, -0.1) is 0 Å². The Hall–Kier alpha value is -1.86. The summed E-state index contributed by atoms with van der Waals surface area (Å²) in [5, 5.41) is 0. The molecule has 2 rings (SSSR count). The Bertz CT molecular complexity index is 763. The number of hydrogen-bond acceptors (Lipinski definition) is 5. The third kappa shape index (κ3) is 5.08. The predicted octanol–water partition coefficient (Wildman–Crippen LogP) is 3.39. The average Bonchev–Trinajstić information content (AvgIpc) is 2.81. The molecule has 0 N–H and O–H groups in total. The van der Waals surface area contributed by atoms with Gasteiger partial charge in [-0.1, -0.05) is 30.4 Å². The highest BCUT2D eigenvalue weighted by atomic mass is 32.2. The number of carbonyl (C=O) groups excluding carboxylic acids is 1. The second-order valence-corrected chi connectivity index (χ2v) is 9.73. The highest BCUT2D eigenvalue weighted by Gasteiger charge is 2.44. The van der Waals surface area contributed by atoms with Gasteiger partial charge in [-0.2, -0.15) is 0 Å². The maximum Gasteiger partial charge on any atom is 0.413 e. The summed E-state index contributed by atoms with van der Waals surface area (Å²) in [5.41, 5.74) is -1.45. The Morgan fingerprint density at radius 2 is 1.92 bits per heavy atom. The Morgan fingerprint density at radius 3 is 2.50 bits per heavy atom. The van der Waals surface area contributed by atoms with E-state index in [-0.39, 0.29) is 23.3 Å². The van der Waals surface area contributed by atoms with Gasteiger partial charge in [-0.25, -0.2) is 13.2 Å². The summed E-state index contributed by atoms with van der Waals surface area (Å²) in [6.45, 7) is 9.25. The second-order valence-electron chi connectivity index (χ2n) is 7.70. The van der Waals surface area contributed by atoms with Crippen LogP contribution in [0.5, 0.6) is 0 Å². The Morgan fingerprint density at radius 1 is 1.31 bits per heavy atom. The van der Waals surface area contributed by atoms with Crippen molar-refractivity contribution in [3.63, 3.8) is 0 Å². The van der Waals surface area contributed by atoms with Crippen LogP contribution in [0.25, 0.3) is 0 Å². The molecule has 0 unspecified atom stereocenters. The Kier molecular flexibility index (Phi) is 5.82. The fourth-order valence-electron chi connectivity index (χ4n) is 2.70. The van der Waals surface area contributed by atoms with Crippen LogP contribution in [0, 0.1) is 0 Å². The van der Waals surface area contributed by atoms with Crippen molar-refractivity contribution >= 4 is 15.9 Å². The monoisotopic (exact) mass is 381 g/mol. The Labute approximate surface area is 155 Å². The SMILES string of the molecule is CC(C)(C)OC(=O)N1[C@@H](/C=C/CS(=O)(=O)c2ccccc2)COC1(C)C. The number of carbonyl (C=O) groups is 1. The van der Waals surface area contributed by atoms with Gasteiger partial charge in [0, 0.05) is 0 Å². The van der Waals surface area contributed by atoms with Crippen molar-refractivity contribution in [1.82, 2.24) is 4.90 Å². The first-order valence-corrected chi connectivity index (χ1v) is 10.2. The lowest BCUT2D eigenvalue weighted by atomic mass is 10.2. The van der Waals surface area contributed by atoms with Crippen LogP contribution in [0.3, 0.4) is 0 Å². The molecule has 0 spiro atoms. The molecule has 1 aromatic carbocycles. The zero-order chi connectivity index (χ0) is 19.6. The standard InChI is InChI=1S/C19H27NO5S/c1-18(2,3)25-17(21)20-15(14-24-19(20,4)5)10-9-13-26(22,23)16-11-7-6-8-12-16/h6-12,15H,13-14H2,1-5H3/b10-9+/t15-/m0/s1. The number of amides is 1. The smallest absolute Gasteiger partial charge is 0.413 e. The minimum atomic E-state index is -3.41. The molecule has 1 aliphatic rings. The van der Waals surface area contributed by atoms with Crippen LogP contribution in [0.2, 0.25) is 0 Å². The quantitative estimate of drug-likeness (QED) is 0.748. The van der Waals surface area contributed by atoms with Crippen molar-refractivity contribution in [2.45, 2.75) is 56.9 Å². The van der Waals surface area contributed by atoms with Crippen molar-refractivity contribution in [2.24, 2.45) is 0 Å². The zero-order valence-electron chi connectivity index (χ0n) is 15.9. The highest BCUT2D eigenvalue weighted by Crippen LogP contribution is 2.30. The first-order chi connectivity index (χ1) is 11.9. The molecule has 1 heterocycles. The molecule has 6 nitrogen and oxygen atoms in total. The molecule has 0 radical (unpaired) electrons. The van der Waals surface area contributed by atoms with Gasteiger partial charge in [-0.05, 0) is 46.8 Å². The summed E-state index contributed by atoms with van der Waals surface area (Å²) >= 11 is 0. The molecule has 1 amide bonds. The van der Waals surface area contributed by atoms with Gasteiger partial charge < -0.3 is 9.47 Å². The summed E-state index contributed by atoms with van der Waals surface area (Å²) in [6.07, 6.45) is 2.77. The summed E-state index contributed by atoms with van der Waals surface area (Å²) in [4.78, 5) is 14.3. The summed E-state index contributed by atoms with van der Waals surface area (Å²) < 4.78 is 35.8. The van der Waals surface area contributed by atoms with Gasteiger partial charge in [-0.3, -0.25) is 4.90 Å². The van der Waals surface area contributed by atoms with Crippen LogP contribution in [-0.4, -0.2) is 49.1 Å². The van der Waals surface area contributed by atoms with Crippen molar-refractivity contribution in [3.8, 4) is 0 Å². The van der Waals surface area contributed by atoms with Crippen molar-refractivity contribution in [2.75, 3.05) is 12.4 Å². The van der Waals surface area contributed by atoms with E-state index in [0.717, 1.165) is 0 Å². The van der Waals surface area contributed by atoms with Gasteiger partial charge >= 0.3 is 6.09 Å². The molecular formula is C19H27NO5S. The number of sulfone groups is 1. The minimum absolute atomic E-state index is 0.143. The van der Waals surface area contributed by atoms with Crippen LogP contribution in [0.1, 0.15) is 34.6 Å². The maximum atomic E-state index is 12.5. The van der Waals surface area contributed by atoms with Crippen LogP contribution in [-0.2, 0) is 19.3 Å². The zero-order valence-corrected chi connectivity index (χ0v) is 16.7. The normalized spacial score (nSPS) is 20.5. The van der Waals surface area contributed by atoms with Crippen molar-refractivity contribution < 1.29 is 22.7 Å². The first-order valence-electron chi connectivity index (χ1n) is 8.53. The minimum Gasteiger partial charge on any atom is -0.444 e. The van der Waals surface area contributed by atoms with Gasteiger partial charge in [0.25, 0.3) is 0 Å². The van der Waals surface area contributed by atoms with E-state index in [4.69, 9.17) is 9.47 Å². The molecule has 0 aliphatic carbocycles. The van der Waals surface area contributed by atoms with E-state index < -0.39 is 27.3 Å². The molecule has 1 fully saturated rings. The lowest BCUT2D eigenvalue weighted by Crippen LogP contribution is -2.49. The lowest BCUT2D eigenvalue weighted by Gasteiger charge is -2.34. The molecule has 7 heteroatoms. The van der Waals surface area contributed by atoms with Gasteiger partial charge in [0.05, 0.1) is 23.3 Å². The van der Waals surface area contributed by atoms with E-state index in [0.29, 0.717) is 0 Å². The van der Waals surface area contributed by atoms with Crippen LogP contribution in [0.4, 0.5) is 4.79 Å². The van der Waals surface area contributed by atoms with Crippen molar-refractivity contribution in [3.05, 3.63) is 42.5 Å². The maximum absolute atomic E-state index is 12.5. The largest absolute Gasteiger partial charge is 0.444 e. The molecule has 0 bridgehead atoms. The van der Waals surface area contributed by atoms with Crippen molar-refractivity contribution in [1.29, 1.82) is 0 Å². The Balaban J connectivity index is 2.12. The summed E-state index contributed by atoms with van der Waals surface area (Å²) in [6, 6.07) is 7.90. The van der Waals surface area contributed by atoms with E-state index in [2.05, 4.69) is 0 Å². The average molecular weight is 381 g/mol. The van der Waals surface area contributed by atoms with E-state index in [1.165, 1.54) is 4.90 Å². The number of benzene rings is 1. The molecule has 1 atom stereocenters. The third-order valence-electron chi connectivity index (χ3n) is 3.89. The summed E-state index contributed by atoms with van der Waals surface area (Å²) in [5.74, 6) is -0.143. The molecule has 1 saturated heterocycles. The van der Waals surface area contributed by atoms with Crippen LogP contribution >= 0.6 is 0 Å². The van der Waals surface area contributed by atoms with Gasteiger partial charge in [0.1, 0.15) is 11.3 Å². The second kappa shape index (κ2) is 7.40. The van der Waals surface area contributed by atoms with Crippen LogP contribution in [0.15, 0.2) is 47.4 Å². The van der Waals surface area contributed by atoms with Gasteiger partial charge in [0.15, 0.2) is 9.84 Å². The lowest BCUT2D eigenvalue weighted by molar-refractivity contribution is -0.0610. The first kappa shape index (κ1) is 20.5. The fourth-order valence-corrected chi connectivity index (χ4v) is 3.83. The summed E-state index contributed by atoms with van der Waals surface area (Å²) in [7, 11) is -3.41. The predicted molar refractivity (Wildman–Crippen MR) is 99.5 cm³/mol. The van der Waals surface area contributed by atoms with E-state index >= 15 is 0 Å². The molecule has 0 saturated carbocycles. The van der Waals surface area contributed by atoms with Crippen LogP contribution < -0.4 is 0 Å². The molecule has 26 heavy (non-hydrogen) atoms. The molecule has 144 valence electrons. The number of ether oxygens (including phenoxy) is 2. The topological polar surface area (TPSA) is 72.9 Å². The van der Waals surface area contributed by atoms with E-state index in [1.54, 1.807) is 77.1 Å². The number of nitrogens with zero attached hydrogens (tertiary/aromatic N) is 1. The van der Waals surface area contributed by atoms with E-state index in [1.807, 2.05) is 0 Å². The molecule has 1 aliphatic heterocycles. The molecule has 1 aromatic rings. The molecule has 0 aromatic heterocycles. The van der Waals surface area contributed by atoms with E-state index in [9.17, 15) is 13.2 Å². The molecular weight excluding hydrogens is 354 g/mol.